The number of carbonyl (C=O) groups is 2. The molecule has 0 aromatic heterocycles. The monoisotopic (exact) mass is 441 g/mol. The van der Waals surface area contributed by atoms with Crippen molar-refractivity contribution in [3.8, 4) is 11.5 Å². The highest BCUT2D eigenvalue weighted by molar-refractivity contribution is 6.03. The lowest BCUT2D eigenvalue weighted by Crippen LogP contribution is -2.36. The third-order valence-corrected chi connectivity index (χ3v) is 5.90. The van der Waals surface area contributed by atoms with Crippen molar-refractivity contribution in [1.82, 2.24) is 0 Å². The number of fused-ring (bicyclic) bond motifs is 1. The van der Waals surface area contributed by atoms with Gasteiger partial charge in [-0.2, -0.15) is 0 Å². The fraction of sp³-hybridized carbons (Fsp3) is 0.391. The Kier molecular flexibility index (Phi) is 5.57. The van der Waals surface area contributed by atoms with E-state index in [0.717, 1.165) is 0 Å². The average molecular weight is 441 g/mol. The van der Waals surface area contributed by atoms with Gasteiger partial charge in [-0.1, -0.05) is 0 Å². The quantitative estimate of drug-likeness (QED) is 0.785. The van der Waals surface area contributed by atoms with Crippen molar-refractivity contribution < 1.29 is 28.2 Å². The Labute approximate surface area is 184 Å². The summed E-state index contributed by atoms with van der Waals surface area (Å²) < 4.78 is 31.0. The summed E-state index contributed by atoms with van der Waals surface area (Å²) in [5.41, 5.74) is 1.53. The highest BCUT2D eigenvalue weighted by atomic mass is 19.1. The molecule has 8 nitrogen and oxygen atoms in total. The van der Waals surface area contributed by atoms with Crippen molar-refractivity contribution in [3.05, 3.63) is 42.2 Å². The predicted molar refractivity (Wildman–Crippen MR) is 116 cm³/mol. The van der Waals surface area contributed by atoms with E-state index in [1.165, 1.54) is 6.07 Å². The molecule has 1 atom stereocenters. The Morgan fingerprint density at radius 3 is 2.56 bits per heavy atom. The summed E-state index contributed by atoms with van der Waals surface area (Å²) in [5, 5.41) is 2.75. The summed E-state index contributed by atoms with van der Waals surface area (Å²) >= 11 is 0. The highest BCUT2D eigenvalue weighted by Gasteiger charge is 2.35. The number of halogens is 1. The molecule has 168 valence electrons. The van der Waals surface area contributed by atoms with Crippen LogP contribution in [0.3, 0.4) is 0 Å². The maximum absolute atomic E-state index is 14.6. The first kappa shape index (κ1) is 20.6. The van der Waals surface area contributed by atoms with E-state index in [1.54, 1.807) is 35.2 Å². The molecule has 2 aromatic rings. The summed E-state index contributed by atoms with van der Waals surface area (Å²) in [5.74, 6) is -0.149. The number of rotatable bonds is 4. The van der Waals surface area contributed by atoms with E-state index in [2.05, 4.69) is 5.32 Å². The molecule has 0 spiro atoms. The van der Waals surface area contributed by atoms with Crippen molar-refractivity contribution in [3.63, 3.8) is 0 Å². The number of anilines is 3. The largest absolute Gasteiger partial charge is 0.486 e. The van der Waals surface area contributed by atoms with Crippen molar-refractivity contribution in [2.45, 2.75) is 6.42 Å². The van der Waals surface area contributed by atoms with Crippen LogP contribution in [-0.4, -0.2) is 57.9 Å². The third-order valence-electron chi connectivity index (χ3n) is 5.90. The summed E-state index contributed by atoms with van der Waals surface area (Å²) in [6.45, 7) is 3.58. The van der Waals surface area contributed by atoms with Crippen molar-refractivity contribution in [2.24, 2.45) is 5.92 Å². The first-order chi connectivity index (χ1) is 15.6. The molecule has 3 aliphatic heterocycles. The maximum Gasteiger partial charge on any atom is 0.229 e. The van der Waals surface area contributed by atoms with Gasteiger partial charge in [-0.15, -0.1) is 0 Å². The SMILES string of the molecule is O=C(Nc1ccc(N2CCOCC2)c(F)c1)C1CC(=O)N(c2ccc3c(c2)OCCO3)C1. The topological polar surface area (TPSA) is 80.3 Å². The molecule has 32 heavy (non-hydrogen) atoms. The number of nitrogens with one attached hydrogen (secondary N) is 1. The highest BCUT2D eigenvalue weighted by Crippen LogP contribution is 2.36. The van der Waals surface area contributed by atoms with E-state index in [0.29, 0.717) is 68.1 Å². The molecule has 2 aromatic carbocycles. The fourth-order valence-electron chi connectivity index (χ4n) is 4.22. The third kappa shape index (κ3) is 4.08. The van der Waals surface area contributed by atoms with Gasteiger partial charge in [0.2, 0.25) is 11.8 Å². The van der Waals surface area contributed by atoms with Gasteiger partial charge in [0.05, 0.1) is 24.8 Å². The molecular formula is C23H24FN3O5. The minimum atomic E-state index is -0.530. The Hall–Kier alpha value is -3.33. The zero-order valence-electron chi connectivity index (χ0n) is 17.5. The van der Waals surface area contributed by atoms with Crippen molar-refractivity contribution in [2.75, 3.05) is 61.2 Å². The van der Waals surface area contributed by atoms with Gasteiger partial charge < -0.3 is 29.3 Å². The lowest BCUT2D eigenvalue weighted by atomic mass is 10.1. The van der Waals surface area contributed by atoms with Crippen LogP contribution in [0.5, 0.6) is 11.5 Å². The Bertz CT molecular complexity index is 1040. The maximum atomic E-state index is 14.6. The molecule has 0 aliphatic carbocycles. The molecule has 2 amide bonds. The van der Waals surface area contributed by atoms with Crippen LogP contribution in [0.25, 0.3) is 0 Å². The van der Waals surface area contributed by atoms with E-state index in [4.69, 9.17) is 14.2 Å². The predicted octanol–water partition coefficient (Wildman–Crippen LogP) is 2.43. The first-order valence-corrected chi connectivity index (χ1v) is 10.7. The van der Waals surface area contributed by atoms with E-state index >= 15 is 0 Å². The fourth-order valence-corrected chi connectivity index (χ4v) is 4.22. The average Bonchev–Trinajstić information content (AvgIpc) is 3.21. The van der Waals surface area contributed by atoms with Crippen LogP contribution in [0.1, 0.15) is 6.42 Å². The lowest BCUT2D eigenvalue weighted by molar-refractivity contribution is -0.122. The Morgan fingerprint density at radius 2 is 1.78 bits per heavy atom. The number of hydrogen-bond acceptors (Lipinski definition) is 6. The van der Waals surface area contributed by atoms with Gasteiger partial charge in [-0.05, 0) is 30.3 Å². The van der Waals surface area contributed by atoms with Gasteiger partial charge in [0.1, 0.15) is 19.0 Å². The number of carbonyl (C=O) groups excluding carboxylic acids is 2. The molecule has 3 heterocycles. The molecule has 3 aliphatic rings. The Morgan fingerprint density at radius 1 is 1.00 bits per heavy atom. The Balaban J connectivity index is 1.24. The number of hydrogen-bond donors (Lipinski definition) is 1. The van der Waals surface area contributed by atoms with Crippen molar-refractivity contribution >= 4 is 28.9 Å². The van der Waals surface area contributed by atoms with E-state index in [-0.39, 0.29) is 24.8 Å². The molecule has 2 fully saturated rings. The zero-order chi connectivity index (χ0) is 22.1. The van der Waals surface area contributed by atoms with E-state index in [9.17, 15) is 14.0 Å². The van der Waals surface area contributed by atoms with Gasteiger partial charge in [0.25, 0.3) is 0 Å². The molecule has 2 saturated heterocycles. The van der Waals surface area contributed by atoms with Crippen molar-refractivity contribution in [1.29, 1.82) is 0 Å². The van der Waals surface area contributed by atoms with Gasteiger partial charge >= 0.3 is 0 Å². The van der Waals surface area contributed by atoms with Gasteiger partial charge in [-0.25, -0.2) is 4.39 Å². The van der Waals surface area contributed by atoms with Crippen LogP contribution in [0.4, 0.5) is 21.5 Å². The van der Waals surface area contributed by atoms with Gasteiger partial charge in [0, 0.05) is 43.5 Å². The summed E-state index contributed by atoms with van der Waals surface area (Å²) in [6, 6.07) is 9.97. The van der Waals surface area contributed by atoms with Gasteiger partial charge in [0.15, 0.2) is 11.5 Å². The molecule has 0 saturated carbocycles. The van der Waals surface area contributed by atoms with Gasteiger partial charge in [-0.3, -0.25) is 9.59 Å². The van der Waals surface area contributed by atoms with Crippen LogP contribution in [-0.2, 0) is 14.3 Å². The second-order valence-corrected chi connectivity index (χ2v) is 7.99. The zero-order valence-corrected chi connectivity index (χ0v) is 17.5. The molecule has 5 rings (SSSR count). The molecule has 1 N–H and O–H groups in total. The normalized spacial score (nSPS) is 20.4. The minimum absolute atomic E-state index is 0.0919. The number of ether oxygens (including phenoxy) is 3. The van der Waals surface area contributed by atoms with E-state index in [1.807, 2.05) is 4.90 Å². The summed E-state index contributed by atoms with van der Waals surface area (Å²) in [6.07, 6.45) is 0.0919. The van der Waals surface area contributed by atoms with Crippen LogP contribution in [0, 0.1) is 11.7 Å². The number of nitrogens with zero attached hydrogens (tertiary/aromatic N) is 2. The van der Waals surface area contributed by atoms with E-state index < -0.39 is 11.7 Å². The molecular weight excluding hydrogens is 417 g/mol. The lowest BCUT2D eigenvalue weighted by Gasteiger charge is -2.29. The standard InChI is InChI=1S/C23H24FN3O5/c24-18-12-16(1-3-19(18)26-5-7-30-8-6-26)25-23(29)15-11-22(28)27(14-15)17-2-4-20-21(13-17)32-10-9-31-20/h1-4,12-13,15H,5-11,14H2,(H,25,29). The second-order valence-electron chi connectivity index (χ2n) is 7.99. The van der Waals surface area contributed by atoms with Crippen LogP contribution in [0.2, 0.25) is 0 Å². The molecule has 0 radical (unpaired) electrons. The van der Waals surface area contributed by atoms with Crippen LogP contribution < -0.4 is 24.6 Å². The first-order valence-electron chi connectivity index (χ1n) is 10.7. The second kappa shape index (κ2) is 8.66. The molecule has 0 bridgehead atoms. The summed E-state index contributed by atoms with van der Waals surface area (Å²) in [7, 11) is 0. The smallest absolute Gasteiger partial charge is 0.229 e. The number of amides is 2. The van der Waals surface area contributed by atoms with Crippen LogP contribution in [0.15, 0.2) is 36.4 Å². The number of morpholine rings is 1. The number of benzene rings is 2. The molecule has 1 unspecified atom stereocenters. The van der Waals surface area contributed by atoms with Crippen LogP contribution >= 0.6 is 0 Å². The summed E-state index contributed by atoms with van der Waals surface area (Å²) in [4.78, 5) is 28.9. The minimum Gasteiger partial charge on any atom is -0.486 e. The molecule has 9 heteroatoms.